The highest BCUT2D eigenvalue weighted by molar-refractivity contribution is 8.00. The standard InChI is InChI=1S/C17H18ClF3N4O2S/c1-10(15(26)22-9-17(19,20)21)28-16-24-23-14(25(16)11-6-7-11)8-27-13-5-3-2-4-12(13)18/h2-5,10-11H,6-9H2,1H3,(H,22,26)/t10-/m1/s1. The number of alkyl halides is 3. The molecule has 1 aliphatic carbocycles. The maximum absolute atomic E-state index is 12.3. The second kappa shape index (κ2) is 8.60. The fraction of sp³-hybridized carbons (Fsp3) is 0.471. The van der Waals surface area contributed by atoms with E-state index < -0.39 is 23.9 Å². The molecule has 28 heavy (non-hydrogen) atoms. The van der Waals surface area contributed by atoms with Gasteiger partial charge in [-0.2, -0.15) is 13.2 Å². The Morgan fingerprint density at radius 1 is 1.39 bits per heavy atom. The number of carbonyl (C=O) groups excluding carboxylic acids is 1. The van der Waals surface area contributed by atoms with Crippen molar-refractivity contribution in [2.45, 2.75) is 49.0 Å². The Morgan fingerprint density at radius 2 is 2.11 bits per heavy atom. The first-order valence-electron chi connectivity index (χ1n) is 8.57. The van der Waals surface area contributed by atoms with Crippen molar-refractivity contribution >= 4 is 29.3 Å². The molecule has 0 saturated heterocycles. The average molecular weight is 435 g/mol. The molecule has 1 fully saturated rings. The first kappa shape index (κ1) is 20.8. The zero-order valence-electron chi connectivity index (χ0n) is 14.9. The van der Waals surface area contributed by atoms with Gasteiger partial charge in [-0.05, 0) is 31.9 Å². The Bertz CT molecular complexity index is 842. The van der Waals surface area contributed by atoms with E-state index >= 15 is 0 Å². The third-order valence-electron chi connectivity index (χ3n) is 3.96. The SMILES string of the molecule is C[C@@H](Sc1nnc(COc2ccccc2Cl)n1C1CC1)C(=O)NCC(F)(F)F. The van der Waals surface area contributed by atoms with E-state index in [1.54, 1.807) is 24.3 Å². The molecule has 3 rings (SSSR count). The largest absolute Gasteiger partial charge is 0.484 e. The van der Waals surface area contributed by atoms with Gasteiger partial charge in [0.2, 0.25) is 5.91 Å². The topological polar surface area (TPSA) is 69.0 Å². The van der Waals surface area contributed by atoms with Crippen LogP contribution in [-0.4, -0.2) is 38.6 Å². The van der Waals surface area contributed by atoms with Gasteiger partial charge in [0.05, 0.1) is 10.3 Å². The number of rotatable bonds is 8. The summed E-state index contributed by atoms with van der Waals surface area (Å²) in [4.78, 5) is 11.9. The Labute approximate surface area is 168 Å². The molecule has 2 aromatic rings. The van der Waals surface area contributed by atoms with Crippen LogP contribution in [0.3, 0.4) is 0 Å². The van der Waals surface area contributed by atoms with Gasteiger partial charge in [-0.1, -0.05) is 35.5 Å². The van der Waals surface area contributed by atoms with Crippen LogP contribution in [-0.2, 0) is 11.4 Å². The van der Waals surface area contributed by atoms with E-state index in [4.69, 9.17) is 16.3 Å². The van der Waals surface area contributed by atoms with Crippen LogP contribution >= 0.6 is 23.4 Å². The number of aromatic nitrogens is 3. The molecule has 1 atom stereocenters. The summed E-state index contributed by atoms with van der Waals surface area (Å²) in [6.07, 6.45) is -2.56. The number of nitrogens with one attached hydrogen (secondary N) is 1. The van der Waals surface area contributed by atoms with Crippen LogP contribution in [0.2, 0.25) is 5.02 Å². The van der Waals surface area contributed by atoms with Crippen LogP contribution in [0.15, 0.2) is 29.4 Å². The Kier molecular flexibility index (Phi) is 6.39. The van der Waals surface area contributed by atoms with E-state index in [1.165, 1.54) is 6.92 Å². The number of hydrogen-bond acceptors (Lipinski definition) is 5. The average Bonchev–Trinajstić information content (AvgIpc) is 3.40. The summed E-state index contributed by atoms with van der Waals surface area (Å²) < 4.78 is 44.4. The van der Waals surface area contributed by atoms with Crippen LogP contribution in [0, 0.1) is 0 Å². The predicted octanol–water partition coefficient (Wildman–Crippen LogP) is 4.00. The molecule has 1 aliphatic rings. The van der Waals surface area contributed by atoms with E-state index in [1.807, 2.05) is 9.88 Å². The van der Waals surface area contributed by atoms with Crippen molar-refractivity contribution in [3.05, 3.63) is 35.1 Å². The number of para-hydroxylation sites is 1. The number of halogens is 4. The fourth-order valence-corrected chi connectivity index (χ4v) is 3.59. The van der Waals surface area contributed by atoms with E-state index in [9.17, 15) is 18.0 Å². The van der Waals surface area contributed by atoms with Crippen molar-refractivity contribution in [3.63, 3.8) is 0 Å². The van der Waals surface area contributed by atoms with E-state index in [-0.39, 0.29) is 12.6 Å². The van der Waals surface area contributed by atoms with Gasteiger partial charge in [-0.25, -0.2) is 0 Å². The van der Waals surface area contributed by atoms with Crippen molar-refractivity contribution < 1.29 is 22.7 Å². The van der Waals surface area contributed by atoms with Gasteiger partial charge in [0.1, 0.15) is 18.9 Å². The molecule has 0 radical (unpaired) electrons. The van der Waals surface area contributed by atoms with Crippen LogP contribution in [0.25, 0.3) is 0 Å². The number of ether oxygens (including phenoxy) is 1. The van der Waals surface area contributed by atoms with Gasteiger partial charge in [-0.3, -0.25) is 9.36 Å². The molecule has 0 bridgehead atoms. The summed E-state index contributed by atoms with van der Waals surface area (Å²) in [6, 6.07) is 7.25. The summed E-state index contributed by atoms with van der Waals surface area (Å²) >= 11 is 7.15. The summed E-state index contributed by atoms with van der Waals surface area (Å²) in [6.45, 7) is 0.313. The molecule has 0 spiro atoms. The number of nitrogens with zero attached hydrogens (tertiary/aromatic N) is 3. The maximum Gasteiger partial charge on any atom is 0.405 e. The molecule has 0 aliphatic heterocycles. The minimum Gasteiger partial charge on any atom is -0.484 e. The zero-order valence-corrected chi connectivity index (χ0v) is 16.4. The van der Waals surface area contributed by atoms with Gasteiger partial charge in [0, 0.05) is 6.04 Å². The molecule has 0 unspecified atom stereocenters. The smallest absolute Gasteiger partial charge is 0.405 e. The highest BCUT2D eigenvalue weighted by Gasteiger charge is 2.32. The van der Waals surface area contributed by atoms with Gasteiger partial charge in [-0.15, -0.1) is 10.2 Å². The zero-order chi connectivity index (χ0) is 20.3. The lowest BCUT2D eigenvalue weighted by molar-refractivity contribution is -0.137. The molecule has 1 aromatic heterocycles. The van der Waals surface area contributed by atoms with E-state index in [0.29, 0.717) is 21.8 Å². The van der Waals surface area contributed by atoms with Crippen molar-refractivity contribution in [2.24, 2.45) is 0 Å². The summed E-state index contributed by atoms with van der Waals surface area (Å²) in [5.74, 6) is 0.387. The normalized spacial score (nSPS) is 15.3. The molecular formula is C17H18ClF3N4O2S. The number of amides is 1. The lowest BCUT2D eigenvalue weighted by atomic mass is 10.3. The molecule has 1 saturated carbocycles. The van der Waals surface area contributed by atoms with Crippen molar-refractivity contribution in [1.29, 1.82) is 0 Å². The van der Waals surface area contributed by atoms with Crippen LogP contribution < -0.4 is 10.1 Å². The molecule has 1 amide bonds. The number of carbonyl (C=O) groups is 1. The predicted molar refractivity (Wildman–Crippen MR) is 98.5 cm³/mol. The van der Waals surface area contributed by atoms with Crippen LogP contribution in [0.1, 0.15) is 31.6 Å². The van der Waals surface area contributed by atoms with Crippen LogP contribution in [0.4, 0.5) is 13.2 Å². The second-order valence-corrected chi connectivity index (χ2v) is 8.03. The Balaban J connectivity index is 1.66. The van der Waals surface area contributed by atoms with Crippen LogP contribution in [0.5, 0.6) is 5.75 Å². The molecular weight excluding hydrogens is 417 g/mol. The van der Waals surface area contributed by atoms with Gasteiger partial charge >= 0.3 is 6.18 Å². The quantitative estimate of drug-likeness (QED) is 0.636. The first-order valence-corrected chi connectivity index (χ1v) is 9.82. The van der Waals surface area contributed by atoms with Gasteiger partial charge in [0.15, 0.2) is 11.0 Å². The number of benzene rings is 1. The fourth-order valence-electron chi connectivity index (χ4n) is 2.43. The van der Waals surface area contributed by atoms with Crippen molar-refractivity contribution in [3.8, 4) is 5.75 Å². The molecule has 152 valence electrons. The third-order valence-corrected chi connectivity index (χ3v) is 5.32. The van der Waals surface area contributed by atoms with Gasteiger partial charge in [0.25, 0.3) is 0 Å². The second-order valence-electron chi connectivity index (χ2n) is 6.31. The minimum atomic E-state index is -4.45. The van der Waals surface area contributed by atoms with E-state index in [2.05, 4.69) is 10.2 Å². The minimum absolute atomic E-state index is 0.141. The Hall–Kier alpha value is -1.94. The monoisotopic (exact) mass is 434 g/mol. The Morgan fingerprint density at radius 3 is 2.75 bits per heavy atom. The molecule has 6 nitrogen and oxygen atoms in total. The molecule has 1 aromatic carbocycles. The highest BCUT2D eigenvalue weighted by Crippen LogP contribution is 2.39. The lowest BCUT2D eigenvalue weighted by Gasteiger charge is -2.14. The summed E-state index contributed by atoms with van der Waals surface area (Å²) in [5.41, 5.74) is 0. The first-order chi connectivity index (χ1) is 13.2. The molecule has 11 heteroatoms. The maximum atomic E-state index is 12.3. The van der Waals surface area contributed by atoms with Crippen molar-refractivity contribution in [1.82, 2.24) is 20.1 Å². The third kappa shape index (κ3) is 5.54. The number of hydrogen-bond donors (Lipinski definition) is 1. The summed E-state index contributed by atoms with van der Waals surface area (Å²) in [5, 5.41) is 10.3. The highest BCUT2D eigenvalue weighted by atomic mass is 35.5. The van der Waals surface area contributed by atoms with Crippen molar-refractivity contribution in [2.75, 3.05) is 6.54 Å². The molecule has 1 N–H and O–H groups in total. The summed E-state index contributed by atoms with van der Waals surface area (Å²) in [7, 11) is 0. The molecule has 1 heterocycles. The van der Waals surface area contributed by atoms with E-state index in [0.717, 1.165) is 24.6 Å². The van der Waals surface area contributed by atoms with Gasteiger partial charge < -0.3 is 10.1 Å². The lowest BCUT2D eigenvalue weighted by Crippen LogP contribution is -2.38. The number of thioether (sulfide) groups is 1.